The Morgan fingerprint density at radius 1 is 1.26 bits per heavy atom. The van der Waals surface area contributed by atoms with Gasteiger partial charge in [-0.2, -0.15) is 0 Å². The van der Waals surface area contributed by atoms with E-state index in [0.29, 0.717) is 6.54 Å². The number of guanidine groups is 1. The van der Waals surface area contributed by atoms with Gasteiger partial charge in [0.05, 0.1) is 12.6 Å². The van der Waals surface area contributed by atoms with Gasteiger partial charge in [-0.05, 0) is 37.7 Å². The summed E-state index contributed by atoms with van der Waals surface area (Å²) >= 11 is 0. The zero-order chi connectivity index (χ0) is 21.1. The lowest BCUT2D eigenvalue weighted by Gasteiger charge is -2.31. The topological polar surface area (TPSA) is 67.6 Å². The Morgan fingerprint density at radius 2 is 2.06 bits per heavy atom. The van der Waals surface area contributed by atoms with Gasteiger partial charge in [0.15, 0.2) is 11.8 Å². The van der Waals surface area contributed by atoms with Crippen molar-refractivity contribution >= 4 is 29.9 Å². The van der Waals surface area contributed by atoms with Crippen LogP contribution in [0.3, 0.4) is 0 Å². The first-order valence-electron chi connectivity index (χ1n) is 11.1. The van der Waals surface area contributed by atoms with Crippen molar-refractivity contribution in [3.63, 3.8) is 0 Å². The summed E-state index contributed by atoms with van der Waals surface area (Å²) in [5, 5.41) is 12.2. The molecule has 1 N–H and O–H groups in total. The van der Waals surface area contributed by atoms with Crippen molar-refractivity contribution in [1.82, 2.24) is 25.0 Å². The lowest BCUT2D eigenvalue weighted by molar-refractivity contribution is 0.259. The van der Waals surface area contributed by atoms with E-state index in [0.717, 1.165) is 61.3 Å². The standard InChI is InChI=1S/C23H34N6O.HI/c1-16(2)13-18-9-11-29(15-18)23(24-14-22-27-26-17(3)28(22)4)25-20-10-12-30-21-8-6-5-7-19(20)21;/h5-8,16,18,20H,9-15H2,1-4H3,(H,24,25);1H. The fourth-order valence-electron chi connectivity index (χ4n) is 4.50. The minimum absolute atomic E-state index is 0. The van der Waals surface area contributed by atoms with Crippen molar-refractivity contribution in [3.8, 4) is 5.75 Å². The molecule has 0 amide bonds. The lowest BCUT2D eigenvalue weighted by atomic mass is 9.97. The molecule has 2 aromatic rings. The molecule has 0 saturated carbocycles. The van der Waals surface area contributed by atoms with Crippen molar-refractivity contribution in [3.05, 3.63) is 41.5 Å². The van der Waals surface area contributed by atoms with Gasteiger partial charge in [-0.1, -0.05) is 32.0 Å². The number of aromatic nitrogens is 3. The number of likely N-dealkylation sites (tertiary alicyclic amines) is 1. The highest BCUT2D eigenvalue weighted by Crippen LogP contribution is 2.32. The lowest BCUT2D eigenvalue weighted by Crippen LogP contribution is -2.43. The Kier molecular flexibility index (Phi) is 8.18. The molecule has 1 saturated heterocycles. The third kappa shape index (κ3) is 5.70. The summed E-state index contributed by atoms with van der Waals surface area (Å²) in [5.41, 5.74) is 1.21. The number of ether oxygens (including phenoxy) is 1. The van der Waals surface area contributed by atoms with Gasteiger partial charge in [0.2, 0.25) is 0 Å². The van der Waals surface area contributed by atoms with Gasteiger partial charge in [0.1, 0.15) is 18.1 Å². The number of aliphatic imine (C=N–C) groups is 1. The predicted molar refractivity (Wildman–Crippen MR) is 134 cm³/mol. The van der Waals surface area contributed by atoms with Crippen LogP contribution < -0.4 is 10.1 Å². The number of nitrogens with zero attached hydrogens (tertiary/aromatic N) is 5. The maximum atomic E-state index is 5.85. The molecule has 31 heavy (non-hydrogen) atoms. The number of aryl methyl sites for hydroxylation is 1. The predicted octanol–water partition coefficient (Wildman–Crippen LogP) is 4.08. The van der Waals surface area contributed by atoms with E-state index >= 15 is 0 Å². The van der Waals surface area contributed by atoms with Crippen LogP contribution in [-0.4, -0.2) is 45.3 Å². The third-order valence-corrected chi connectivity index (χ3v) is 6.20. The number of rotatable bonds is 5. The Hall–Kier alpha value is -1.84. The van der Waals surface area contributed by atoms with Crippen LogP contribution in [0, 0.1) is 18.8 Å². The quantitative estimate of drug-likeness (QED) is 0.353. The average Bonchev–Trinajstić information content (AvgIpc) is 3.32. The first-order valence-corrected chi connectivity index (χ1v) is 11.1. The molecular weight excluding hydrogens is 503 g/mol. The number of benzene rings is 1. The second kappa shape index (κ2) is 10.7. The molecule has 3 heterocycles. The van der Waals surface area contributed by atoms with Crippen molar-refractivity contribution in [2.45, 2.75) is 52.6 Å². The number of hydrogen-bond donors (Lipinski definition) is 1. The summed E-state index contributed by atoms with van der Waals surface area (Å²) in [7, 11) is 2.00. The molecule has 7 nitrogen and oxygen atoms in total. The van der Waals surface area contributed by atoms with Crippen molar-refractivity contribution in [2.75, 3.05) is 19.7 Å². The van der Waals surface area contributed by atoms with E-state index in [1.165, 1.54) is 18.4 Å². The molecule has 1 aromatic heterocycles. The molecule has 170 valence electrons. The van der Waals surface area contributed by atoms with Crippen LogP contribution in [0.1, 0.15) is 56.4 Å². The maximum Gasteiger partial charge on any atom is 0.194 e. The second-order valence-corrected chi connectivity index (χ2v) is 8.96. The molecule has 0 radical (unpaired) electrons. The monoisotopic (exact) mass is 538 g/mol. The van der Waals surface area contributed by atoms with Crippen LogP contribution in [0.5, 0.6) is 5.75 Å². The number of fused-ring (bicyclic) bond motifs is 1. The molecule has 4 rings (SSSR count). The third-order valence-electron chi connectivity index (χ3n) is 6.20. The van der Waals surface area contributed by atoms with Crippen LogP contribution in [-0.2, 0) is 13.6 Å². The Balaban J connectivity index is 0.00000272. The van der Waals surface area contributed by atoms with E-state index in [1.807, 2.05) is 24.6 Å². The number of nitrogens with one attached hydrogen (secondary N) is 1. The minimum Gasteiger partial charge on any atom is -0.493 e. The average molecular weight is 538 g/mol. The zero-order valence-electron chi connectivity index (χ0n) is 19.0. The van der Waals surface area contributed by atoms with Gasteiger partial charge >= 0.3 is 0 Å². The van der Waals surface area contributed by atoms with E-state index in [9.17, 15) is 0 Å². The van der Waals surface area contributed by atoms with Gasteiger partial charge in [-0.15, -0.1) is 34.2 Å². The van der Waals surface area contributed by atoms with Crippen molar-refractivity contribution in [2.24, 2.45) is 23.9 Å². The van der Waals surface area contributed by atoms with E-state index < -0.39 is 0 Å². The molecule has 0 aliphatic carbocycles. The molecule has 8 heteroatoms. The summed E-state index contributed by atoms with van der Waals surface area (Å²) in [6.07, 6.45) is 3.43. The number of hydrogen-bond acceptors (Lipinski definition) is 4. The molecule has 2 unspecified atom stereocenters. The first-order chi connectivity index (χ1) is 14.5. The van der Waals surface area contributed by atoms with E-state index in [-0.39, 0.29) is 30.0 Å². The Labute approximate surface area is 202 Å². The first kappa shape index (κ1) is 23.8. The fraction of sp³-hybridized carbons (Fsp3) is 0.609. The molecule has 2 aliphatic heterocycles. The highest BCUT2D eigenvalue weighted by atomic mass is 127. The molecule has 0 bridgehead atoms. The van der Waals surface area contributed by atoms with E-state index in [4.69, 9.17) is 9.73 Å². The fourth-order valence-corrected chi connectivity index (χ4v) is 4.50. The largest absolute Gasteiger partial charge is 0.493 e. The summed E-state index contributed by atoms with van der Waals surface area (Å²) in [5.74, 6) is 5.21. The Bertz CT molecular complexity index is 896. The van der Waals surface area contributed by atoms with Crippen LogP contribution in [0.25, 0.3) is 0 Å². The smallest absolute Gasteiger partial charge is 0.194 e. The van der Waals surface area contributed by atoms with Gasteiger partial charge < -0.3 is 19.5 Å². The summed E-state index contributed by atoms with van der Waals surface area (Å²) < 4.78 is 7.86. The summed E-state index contributed by atoms with van der Waals surface area (Å²) in [6, 6.07) is 8.52. The summed E-state index contributed by atoms with van der Waals surface area (Å²) in [4.78, 5) is 7.42. The number of para-hydroxylation sites is 1. The molecule has 2 aliphatic rings. The summed E-state index contributed by atoms with van der Waals surface area (Å²) in [6.45, 7) is 9.95. The van der Waals surface area contributed by atoms with Gasteiger partial charge in [-0.25, -0.2) is 4.99 Å². The van der Waals surface area contributed by atoms with Crippen LogP contribution in [0.2, 0.25) is 0 Å². The second-order valence-electron chi connectivity index (χ2n) is 8.96. The van der Waals surface area contributed by atoms with Gasteiger partial charge in [0.25, 0.3) is 0 Å². The molecular formula is C23H35IN6O. The number of halogens is 1. The molecule has 1 aromatic carbocycles. The van der Waals surface area contributed by atoms with Gasteiger partial charge in [0, 0.05) is 32.1 Å². The highest BCUT2D eigenvalue weighted by Gasteiger charge is 2.29. The van der Waals surface area contributed by atoms with Crippen LogP contribution in [0.4, 0.5) is 0 Å². The zero-order valence-corrected chi connectivity index (χ0v) is 21.4. The maximum absolute atomic E-state index is 5.85. The van der Waals surface area contributed by atoms with Gasteiger partial charge in [-0.3, -0.25) is 0 Å². The molecule has 2 atom stereocenters. The Morgan fingerprint density at radius 3 is 2.81 bits per heavy atom. The van der Waals surface area contributed by atoms with E-state index in [1.54, 1.807) is 0 Å². The molecule has 1 fully saturated rings. The van der Waals surface area contributed by atoms with Crippen molar-refractivity contribution < 1.29 is 4.74 Å². The molecule has 0 spiro atoms. The SMILES string of the molecule is Cc1nnc(CN=C(NC2CCOc3ccccc32)N2CCC(CC(C)C)C2)n1C.I. The normalized spacial score (nSPS) is 20.9. The highest BCUT2D eigenvalue weighted by molar-refractivity contribution is 14.0. The van der Waals surface area contributed by atoms with Crippen LogP contribution in [0.15, 0.2) is 29.3 Å². The van der Waals surface area contributed by atoms with E-state index in [2.05, 4.69) is 52.5 Å². The van der Waals surface area contributed by atoms with Crippen LogP contribution >= 0.6 is 24.0 Å². The minimum atomic E-state index is 0. The van der Waals surface area contributed by atoms with Crippen molar-refractivity contribution in [1.29, 1.82) is 0 Å².